The number of nitrogens with zero attached hydrogens (tertiary/aromatic N) is 2. The van der Waals surface area contributed by atoms with Crippen molar-refractivity contribution in [3.05, 3.63) is 71.9 Å². The van der Waals surface area contributed by atoms with Crippen molar-refractivity contribution >= 4 is 18.1 Å². The Bertz CT molecular complexity index is 830. The molecule has 0 spiro atoms. The van der Waals surface area contributed by atoms with Gasteiger partial charge in [-0.1, -0.05) is 19.1 Å². The maximum atomic E-state index is 12.3. The zero-order valence-electron chi connectivity index (χ0n) is 14.1. The summed E-state index contributed by atoms with van der Waals surface area (Å²) in [5.74, 6) is 1.48. The Hall–Kier alpha value is -3.08. The van der Waals surface area contributed by atoms with Gasteiger partial charge >= 0.3 is 0 Å². The molecule has 0 bridgehead atoms. The molecule has 0 N–H and O–H groups in total. The summed E-state index contributed by atoms with van der Waals surface area (Å²) in [6, 6.07) is 13.1. The van der Waals surface area contributed by atoms with Crippen LogP contribution in [0.25, 0.3) is 12.2 Å². The fourth-order valence-electron chi connectivity index (χ4n) is 2.30. The molecule has 25 heavy (non-hydrogen) atoms. The molecule has 0 atom stereocenters. The third kappa shape index (κ3) is 4.70. The van der Waals surface area contributed by atoms with E-state index in [1.807, 2.05) is 48.6 Å². The van der Waals surface area contributed by atoms with Crippen molar-refractivity contribution in [3.63, 3.8) is 0 Å². The van der Waals surface area contributed by atoms with Crippen molar-refractivity contribution in [3.8, 4) is 5.75 Å². The second-order valence-electron chi connectivity index (χ2n) is 5.60. The Kier molecular flexibility index (Phi) is 5.46. The van der Waals surface area contributed by atoms with Crippen LogP contribution in [-0.4, -0.2) is 22.3 Å². The van der Waals surface area contributed by atoms with Gasteiger partial charge in [-0.3, -0.25) is 4.79 Å². The lowest BCUT2D eigenvalue weighted by Gasteiger charge is -2.05. The van der Waals surface area contributed by atoms with Crippen LogP contribution in [0.2, 0.25) is 0 Å². The molecule has 0 saturated carbocycles. The third-order valence-corrected chi connectivity index (χ3v) is 3.58. The van der Waals surface area contributed by atoms with Gasteiger partial charge in [0.05, 0.1) is 25.0 Å². The van der Waals surface area contributed by atoms with E-state index in [-0.39, 0.29) is 12.3 Å². The van der Waals surface area contributed by atoms with E-state index in [0.29, 0.717) is 12.3 Å². The molecule has 3 aromatic rings. The van der Waals surface area contributed by atoms with Gasteiger partial charge in [-0.2, -0.15) is 5.10 Å². The van der Waals surface area contributed by atoms with Crippen LogP contribution in [0.15, 0.2) is 59.3 Å². The van der Waals surface area contributed by atoms with Crippen LogP contribution in [0.5, 0.6) is 5.75 Å². The average molecular weight is 336 g/mol. The highest BCUT2D eigenvalue weighted by molar-refractivity contribution is 5.80. The quantitative estimate of drug-likeness (QED) is 0.645. The largest absolute Gasteiger partial charge is 0.494 e. The van der Waals surface area contributed by atoms with Crippen molar-refractivity contribution in [2.45, 2.75) is 19.8 Å². The van der Waals surface area contributed by atoms with Gasteiger partial charge in [-0.25, -0.2) is 4.68 Å². The molecule has 5 nitrogen and oxygen atoms in total. The Morgan fingerprint density at radius 2 is 2.04 bits per heavy atom. The molecule has 5 heteroatoms. The molecule has 0 aliphatic carbocycles. The van der Waals surface area contributed by atoms with Crippen molar-refractivity contribution in [1.82, 2.24) is 9.78 Å². The fourth-order valence-corrected chi connectivity index (χ4v) is 2.30. The molecule has 0 amide bonds. The summed E-state index contributed by atoms with van der Waals surface area (Å²) in [6.45, 7) is 2.76. The first-order chi connectivity index (χ1) is 12.2. The Balaban J connectivity index is 1.59. The molecule has 2 heterocycles. The second-order valence-corrected chi connectivity index (χ2v) is 5.60. The lowest BCUT2D eigenvalue weighted by atomic mass is 10.1. The van der Waals surface area contributed by atoms with Gasteiger partial charge in [0.25, 0.3) is 5.91 Å². The minimum absolute atomic E-state index is 0.0834. The number of hydrogen-bond donors (Lipinski definition) is 0. The van der Waals surface area contributed by atoms with Crippen molar-refractivity contribution < 1.29 is 13.9 Å². The molecule has 0 aliphatic heterocycles. The predicted octanol–water partition coefficient (Wildman–Crippen LogP) is 4.32. The SMILES string of the molecule is CCCOc1ccc(CC(=O)n2ccc(/C=C/c3ccco3)n2)cc1. The van der Waals surface area contributed by atoms with E-state index < -0.39 is 0 Å². The molecule has 0 aliphatic rings. The lowest BCUT2D eigenvalue weighted by Crippen LogP contribution is -2.14. The number of aromatic nitrogens is 2. The summed E-state index contributed by atoms with van der Waals surface area (Å²) in [6.07, 6.45) is 8.16. The number of carbonyl (C=O) groups is 1. The van der Waals surface area contributed by atoms with Gasteiger partial charge in [-0.15, -0.1) is 0 Å². The molecule has 128 valence electrons. The second kappa shape index (κ2) is 8.15. The molecular weight excluding hydrogens is 316 g/mol. The van der Waals surface area contributed by atoms with Gasteiger partial charge < -0.3 is 9.15 Å². The first kappa shape index (κ1) is 16.8. The molecular formula is C20H20N2O3. The maximum Gasteiger partial charge on any atom is 0.251 e. The Morgan fingerprint density at radius 1 is 1.20 bits per heavy atom. The number of carbonyl (C=O) groups excluding carboxylic acids is 1. The third-order valence-electron chi connectivity index (χ3n) is 3.58. The minimum atomic E-state index is -0.0834. The van der Waals surface area contributed by atoms with Crippen LogP contribution < -0.4 is 4.74 Å². The summed E-state index contributed by atoms with van der Waals surface area (Å²) < 4.78 is 12.1. The van der Waals surface area contributed by atoms with Gasteiger partial charge in [0.1, 0.15) is 11.5 Å². The monoisotopic (exact) mass is 336 g/mol. The van der Waals surface area contributed by atoms with Crippen molar-refractivity contribution in [2.24, 2.45) is 0 Å². The highest BCUT2D eigenvalue weighted by Gasteiger charge is 2.08. The topological polar surface area (TPSA) is 57.3 Å². The molecule has 0 unspecified atom stereocenters. The number of benzene rings is 1. The van der Waals surface area contributed by atoms with E-state index in [1.54, 1.807) is 18.5 Å². The van der Waals surface area contributed by atoms with E-state index >= 15 is 0 Å². The molecule has 1 aromatic carbocycles. The van der Waals surface area contributed by atoms with Crippen LogP contribution >= 0.6 is 0 Å². The van der Waals surface area contributed by atoms with E-state index in [2.05, 4.69) is 12.0 Å². The summed E-state index contributed by atoms with van der Waals surface area (Å²) in [5, 5.41) is 4.28. The van der Waals surface area contributed by atoms with Crippen LogP contribution in [0.4, 0.5) is 0 Å². The molecule has 3 rings (SSSR count). The van der Waals surface area contributed by atoms with E-state index in [0.717, 1.165) is 23.5 Å². The van der Waals surface area contributed by atoms with Crippen LogP contribution in [0, 0.1) is 0 Å². The molecule has 2 aromatic heterocycles. The minimum Gasteiger partial charge on any atom is -0.494 e. The smallest absolute Gasteiger partial charge is 0.251 e. The van der Waals surface area contributed by atoms with E-state index in [4.69, 9.17) is 9.15 Å². The van der Waals surface area contributed by atoms with Crippen LogP contribution in [0.1, 0.15) is 35.2 Å². The summed E-state index contributed by atoms with van der Waals surface area (Å²) in [7, 11) is 0. The number of furan rings is 1. The van der Waals surface area contributed by atoms with E-state index in [1.165, 1.54) is 4.68 Å². The standard InChI is InChI=1S/C20H20N2O3/c1-2-13-24-19-8-5-16(6-9-19)15-20(23)22-12-11-17(21-22)7-10-18-4-3-14-25-18/h3-12,14H,2,13,15H2,1H3/b10-7+. The maximum absolute atomic E-state index is 12.3. The van der Waals surface area contributed by atoms with Crippen molar-refractivity contribution in [2.75, 3.05) is 6.61 Å². The Morgan fingerprint density at radius 3 is 2.76 bits per heavy atom. The summed E-state index contributed by atoms with van der Waals surface area (Å²) in [5.41, 5.74) is 1.63. The first-order valence-corrected chi connectivity index (χ1v) is 8.27. The predicted molar refractivity (Wildman–Crippen MR) is 96.4 cm³/mol. The fraction of sp³-hybridized carbons (Fsp3) is 0.200. The summed E-state index contributed by atoms with van der Waals surface area (Å²) in [4.78, 5) is 12.3. The van der Waals surface area contributed by atoms with Gasteiger partial charge in [0, 0.05) is 6.20 Å². The average Bonchev–Trinajstić information content (AvgIpc) is 3.31. The number of rotatable bonds is 7. The molecule has 0 radical (unpaired) electrons. The zero-order chi connectivity index (χ0) is 17.5. The summed E-state index contributed by atoms with van der Waals surface area (Å²) >= 11 is 0. The number of ether oxygens (including phenoxy) is 1. The number of hydrogen-bond acceptors (Lipinski definition) is 4. The molecule has 0 saturated heterocycles. The highest BCUT2D eigenvalue weighted by Crippen LogP contribution is 2.13. The highest BCUT2D eigenvalue weighted by atomic mass is 16.5. The normalized spacial score (nSPS) is 11.1. The lowest BCUT2D eigenvalue weighted by molar-refractivity contribution is 0.0898. The first-order valence-electron chi connectivity index (χ1n) is 8.27. The Labute approximate surface area is 146 Å². The van der Waals surface area contributed by atoms with Crippen LogP contribution in [0.3, 0.4) is 0 Å². The van der Waals surface area contributed by atoms with Gasteiger partial charge in [-0.05, 0) is 54.5 Å². The van der Waals surface area contributed by atoms with Crippen LogP contribution in [-0.2, 0) is 6.42 Å². The van der Waals surface area contributed by atoms with Gasteiger partial charge in [0.2, 0.25) is 0 Å². The van der Waals surface area contributed by atoms with E-state index in [9.17, 15) is 4.79 Å². The molecule has 0 fully saturated rings. The van der Waals surface area contributed by atoms with Crippen molar-refractivity contribution in [1.29, 1.82) is 0 Å². The zero-order valence-corrected chi connectivity index (χ0v) is 14.1. The van der Waals surface area contributed by atoms with Gasteiger partial charge in [0.15, 0.2) is 0 Å².